The van der Waals surface area contributed by atoms with E-state index in [4.69, 9.17) is 11.6 Å². The van der Waals surface area contributed by atoms with Crippen molar-refractivity contribution in [3.63, 3.8) is 0 Å². The first-order chi connectivity index (χ1) is 14.9. The molecule has 1 aliphatic rings. The van der Waals surface area contributed by atoms with Crippen LogP contribution in [0.5, 0.6) is 0 Å². The minimum absolute atomic E-state index is 0.0275. The molecule has 2 amide bonds. The average molecular weight is 458 g/mol. The molecule has 0 fully saturated rings. The van der Waals surface area contributed by atoms with Crippen molar-refractivity contribution < 1.29 is 14.0 Å². The summed E-state index contributed by atoms with van der Waals surface area (Å²) < 4.78 is 13.4. The molecule has 0 bridgehead atoms. The van der Waals surface area contributed by atoms with E-state index < -0.39 is 5.82 Å². The van der Waals surface area contributed by atoms with Crippen LogP contribution in [0.1, 0.15) is 37.6 Å². The molecule has 1 aliphatic heterocycles. The van der Waals surface area contributed by atoms with Gasteiger partial charge >= 0.3 is 0 Å². The number of amides is 2. The van der Waals surface area contributed by atoms with Crippen molar-refractivity contribution in [2.24, 2.45) is 0 Å². The second kappa shape index (κ2) is 9.16. The quantitative estimate of drug-likeness (QED) is 0.621. The Labute approximate surface area is 188 Å². The number of hydrogen-bond acceptors (Lipinski definition) is 4. The molecule has 4 rings (SSSR count). The topological polar surface area (TPSA) is 62.3 Å². The van der Waals surface area contributed by atoms with Gasteiger partial charge in [0.25, 0.3) is 5.91 Å². The number of halogens is 2. The van der Waals surface area contributed by atoms with Crippen molar-refractivity contribution in [2.75, 3.05) is 6.54 Å². The number of hydrogen-bond donors (Lipinski definition) is 1. The zero-order valence-electron chi connectivity index (χ0n) is 17.0. The third kappa shape index (κ3) is 4.78. The van der Waals surface area contributed by atoms with Gasteiger partial charge in [0, 0.05) is 42.0 Å². The highest BCUT2D eigenvalue weighted by Gasteiger charge is 2.25. The fourth-order valence-electron chi connectivity index (χ4n) is 3.76. The van der Waals surface area contributed by atoms with E-state index in [1.54, 1.807) is 22.4 Å². The number of rotatable bonds is 5. The van der Waals surface area contributed by atoms with Crippen molar-refractivity contribution in [3.8, 4) is 0 Å². The zero-order valence-corrected chi connectivity index (χ0v) is 18.5. The summed E-state index contributed by atoms with van der Waals surface area (Å²) >= 11 is 7.39. The van der Waals surface area contributed by atoms with Gasteiger partial charge in [0.2, 0.25) is 5.91 Å². The second-order valence-corrected chi connectivity index (χ2v) is 8.90. The van der Waals surface area contributed by atoms with Gasteiger partial charge in [-0.2, -0.15) is 0 Å². The SMILES string of the molecule is Cc1ncc2c(c1CNC(=O)Cc1cccs1)CCN(C(=O)c1ccc(F)c(Cl)c1)C2. The maximum Gasteiger partial charge on any atom is 0.254 e. The third-order valence-electron chi connectivity index (χ3n) is 5.43. The molecule has 160 valence electrons. The predicted octanol–water partition coefficient (Wildman–Crippen LogP) is 4.30. The summed E-state index contributed by atoms with van der Waals surface area (Å²) in [5.41, 5.74) is 4.33. The van der Waals surface area contributed by atoms with Crippen LogP contribution < -0.4 is 5.32 Å². The van der Waals surface area contributed by atoms with Crippen LogP contribution in [-0.4, -0.2) is 28.2 Å². The van der Waals surface area contributed by atoms with Gasteiger partial charge in [0.1, 0.15) is 5.82 Å². The third-order valence-corrected chi connectivity index (χ3v) is 6.59. The van der Waals surface area contributed by atoms with E-state index in [9.17, 15) is 14.0 Å². The van der Waals surface area contributed by atoms with Crippen LogP contribution in [0.3, 0.4) is 0 Å². The average Bonchev–Trinajstić information content (AvgIpc) is 3.27. The Bertz CT molecular complexity index is 1130. The lowest BCUT2D eigenvalue weighted by Crippen LogP contribution is -2.37. The number of fused-ring (bicyclic) bond motifs is 1. The number of aromatic nitrogens is 1. The Morgan fingerprint density at radius 1 is 1.32 bits per heavy atom. The van der Waals surface area contributed by atoms with Crippen LogP contribution in [0, 0.1) is 12.7 Å². The largest absolute Gasteiger partial charge is 0.352 e. The molecule has 1 N–H and O–H groups in total. The van der Waals surface area contributed by atoms with Gasteiger partial charge in [-0.3, -0.25) is 14.6 Å². The highest BCUT2D eigenvalue weighted by Crippen LogP contribution is 2.26. The van der Waals surface area contributed by atoms with Crippen LogP contribution >= 0.6 is 22.9 Å². The fourth-order valence-corrected chi connectivity index (χ4v) is 4.65. The van der Waals surface area contributed by atoms with E-state index in [1.807, 2.05) is 24.4 Å². The summed E-state index contributed by atoms with van der Waals surface area (Å²) in [4.78, 5) is 32.4. The van der Waals surface area contributed by atoms with Crippen molar-refractivity contribution in [3.05, 3.63) is 85.6 Å². The summed E-state index contributed by atoms with van der Waals surface area (Å²) in [5, 5.41) is 4.88. The van der Waals surface area contributed by atoms with E-state index in [0.717, 1.165) is 27.3 Å². The molecular formula is C23H21ClFN3O2S. The van der Waals surface area contributed by atoms with E-state index in [2.05, 4.69) is 10.3 Å². The highest BCUT2D eigenvalue weighted by molar-refractivity contribution is 7.10. The molecule has 3 aromatic rings. The number of benzene rings is 1. The van der Waals surface area contributed by atoms with Crippen molar-refractivity contribution >= 4 is 34.8 Å². The molecule has 0 aliphatic carbocycles. The molecule has 0 saturated carbocycles. The van der Waals surface area contributed by atoms with Gasteiger partial charge in [-0.25, -0.2) is 4.39 Å². The Balaban J connectivity index is 1.47. The molecule has 3 heterocycles. The van der Waals surface area contributed by atoms with E-state index in [1.165, 1.54) is 18.2 Å². The van der Waals surface area contributed by atoms with Gasteiger partial charge in [-0.1, -0.05) is 17.7 Å². The van der Waals surface area contributed by atoms with Crippen LogP contribution in [0.4, 0.5) is 4.39 Å². The monoisotopic (exact) mass is 457 g/mol. The molecule has 1 aromatic carbocycles. The first kappa shape index (κ1) is 21.5. The number of carbonyl (C=O) groups excluding carboxylic acids is 2. The van der Waals surface area contributed by atoms with E-state index in [0.29, 0.717) is 38.0 Å². The molecule has 0 saturated heterocycles. The maximum atomic E-state index is 13.4. The maximum absolute atomic E-state index is 13.4. The van der Waals surface area contributed by atoms with Crippen LogP contribution in [0.2, 0.25) is 5.02 Å². The Morgan fingerprint density at radius 3 is 2.90 bits per heavy atom. The summed E-state index contributed by atoms with van der Waals surface area (Å²) in [6.45, 7) is 3.28. The molecule has 2 aromatic heterocycles. The smallest absolute Gasteiger partial charge is 0.254 e. The molecular weight excluding hydrogens is 437 g/mol. The number of pyridine rings is 1. The summed E-state index contributed by atoms with van der Waals surface area (Å²) in [6.07, 6.45) is 2.82. The van der Waals surface area contributed by atoms with Crippen molar-refractivity contribution in [2.45, 2.75) is 32.9 Å². The standard InChI is InChI=1S/C23H21ClFN3O2S/c1-14-19(12-27-22(29)10-17-3-2-8-31-17)18-6-7-28(13-16(18)11-26-14)23(30)15-4-5-21(25)20(24)9-15/h2-5,8-9,11H,6-7,10,12-13H2,1H3,(H,27,29). The molecule has 31 heavy (non-hydrogen) atoms. The van der Waals surface area contributed by atoms with Gasteiger partial charge in [-0.05, 0) is 59.7 Å². The van der Waals surface area contributed by atoms with Crippen LogP contribution in [-0.2, 0) is 30.7 Å². The number of aryl methyl sites for hydroxylation is 1. The molecule has 8 heteroatoms. The summed E-state index contributed by atoms with van der Waals surface area (Å²) in [5.74, 6) is -0.771. The van der Waals surface area contributed by atoms with Crippen LogP contribution in [0.25, 0.3) is 0 Å². The molecule has 5 nitrogen and oxygen atoms in total. The number of carbonyl (C=O) groups is 2. The second-order valence-electron chi connectivity index (χ2n) is 7.46. The summed E-state index contributed by atoms with van der Waals surface area (Å²) in [6, 6.07) is 7.89. The lowest BCUT2D eigenvalue weighted by molar-refractivity contribution is -0.120. The zero-order chi connectivity index (χ0) is 22.0. The van der Waals surface area contributed by atoms with Crippen molar-refractivity contribution in [1.29, 1.82) is 0 Å². The van der Waals surface area contributed by atoms with Gasteiger partial charge < -0.3 is 10.2 Å². The number of nitrogens with one attached hydrogen (secondary N) is 1. The molecule has 0 radical (unpaired) electrons. The number of thiophene rings is 1. The Morgan fingerprint density at radius 2 is 2.16 bits per heavy atom. The lowest BCUT2D eigenvalue weighted by Gasteiger charge is -2.30. The Hall–Kier alpha value is -2.77. The van der Waals surface area contributed by atoms with Gasteiger partial charge in [0.15, 0.2) is 0 Å². The first-order valence-corrected chi connectivity index (χ1v) is 11.2. The van der Waals surface area contributed by atoms with E-state index >= 15 is 0 Å². The fraction of sp³-hybridized carbons (Fsp3) is 0.261. The molecule has 0 unspecified atom stereocenters. The first-order valence-electron chi connectivity index (χ1n) is 9.92. The lowest BCUT2D eigenvalue weighted by atomic mass is 9.94. The normalized spacial score (nSPS) is 13.1. The summed E-state index contributed by atoms with van der Waals surface area (Å²) in [7, 11) is 0. The Kier molecular flexibility index (Phi) is 6.34. The predicted molar refractivity (Wildman–Crippen MR) is 119 cm³/mol. The molecule has 0 spiro atoms. The highest BCUT2D eigenvalue weighted by atomic mass is 35.5. The minimum Gasteiger partial charge on any atom is -0.352 e. The van der Waals surface area contributed by atoms with Crippen molar-refractivity contribution in [1.82, 2.24) is 15.2 Å². The van der Waals surface area contributed by atoms with E-state index in [-0.39, 0.29) is 16.8 Å². The van der Waals surface area contributed by atoms with Gasteiger partial charge in [0.05, 0.1) is 11.4 Å². The van der Waals surface area contributed by atoms with Gasteiger partial charge in [-0.15, -0.1) is 11.3 Å². The molecule has 0 atom stereocenters. The minimum atomic E-state index is -0.548. The van der Waals surface area contributed by atoms with Crippen LogP contribution in [0.15, 0.2) is 41.9 Å². The number of nitrogens with zero attached hydrogens (tertiary/aromatic N) is 2.